The van der Waals surface area contributed by atoms with Crippen LogP contribution in [0.4, 0.5) is 4.39 Å². The fourth-order valence-corrected chi connectivity index (χ4v) is 2.58. The highest BCUT2D eigenvalue weighted by Crippen LogP contribution is 2.19. The third-order valence-electron chi connectivity index (χ3n) is 3.74. The predicted molar refractivity (Wildman–Crippen MR) is 75.7 cm³/mol. The summed E-state index contributed by atoms with van der Waals surface area (Å²) in [5.41, 5.74) is 1.83. The Morgan fingerprint density at radius 3 is 2.79 bits per heavy atom. The molecule has 0 saturated heterocycles. The number of aryl methyl sites for hydroxylation is 1. The second-order valence-corrected chi connectivity index (χ2v) is 5.39. The monoisotopic (exact) mass is 265 g/mol. The molecule has 1 saturated carbocycles. The molecule has 0 radical (unpaired) electrons. The van der Waals surface area contributed by atoms with Gasteiger partial charge in [0.25, 0.3) is 0 Å². The van der Waals surface area contributed by atoms with E-state index in [-0.39, 0.29) is 5.82 Å². The van der Waals surface area contributed by atoms with Gasteiger partial charge in [-0.2, -0.15) is 0 Å². The fraction of sp³-hybridized carbons (Fsp3) is 0.625. The molecule has 0 unspecified atom stereocenters. The summed E-state index contributed by atoms with van der Waals surface area (Å²) in [6.07, 6.45) is 6.90. The number of hydrogen-bond acceptors (Lipinski definition) is 2. The summed E-state index contributed by atoms with van der Waals surface area (Å²) in [5, 5.41) is 3.34. The Kier molecular flexibility index (Phi) is 5.80. The normalized spacial score (nSPS) is 16.7. The summed E-state index contributed by atoms with van der Waals surface area (Å²) in [5.74, 6) is -0.135. The van der Waals surface area contributed by atoms with Crippen molar-refractivity contribution >= 4 is 0 Å². The molecule has 1 N–H and O–H groups in total. The minimum absolute atomic E-state index is 0.135. The summed E-state index contributed by atoms with van der Waals surface area (Å²) in [7, 11) is 0. The van der Waals surface area contributed by atoms with Crippen LogP contribution in [0.2, 0.25) is 0 Å². The van der Waals surface area contributed by atoms with E-state index in [9.17, 15) is 4.39 Å². The minimum Gasteiger partial charge on any atom is -0.377 e. The van der Waals surface area contributed by atoms with Gasteiger partial charge in [0.2, 0.25) is 0 Å². The lowest BCUT2D eigenvalue weighted by molar-refractivity contribution is 0.0302. The second-order valence-electron chi connectivity index (χ2n) is 5.39. The van der Waals surface area contributed by atoms with Crippen LogP contribution >= 0.6 is 0 Å². The standard InChI is InChI=1S/C16H24FNO/c1-13-11-14(7-8-16(13)17)12-18-9-10-19-15-5-3-2-4-6-15/h7-8,11,15,18H,2-6,9-10,12H2,1H3. The summed E-state index contributed by atoms with van der Waals surface area (Å²) < 4.78 is 18.9. The molecule has 19 heavy (non-hydrogen) atoms. The van der Waals surface area contributed by atoms with Gasteiger partial charge in [0, 0.05) is 13.1 Å². The topological polar surface area (TPSA) is 21.3 Å². The van der Waals surface area contributed by atoms with Crippen molar-refractivity contribution in [3.63, 3.8) is 0 Å². The van der Waals surface area contributed by atoms with E-state index in [4.69, 9.17) is 4.74 Å². The summed E-state index contributed by atoms with van der Waals surface area (Å²) in [6.45, 7) is 4.19. The van der Waals surface area contributed by atoms with Crippen LogP contribution < -0.4 is 5.32 Å². The molecule has 1 aromatic carbocycles. The van der Waals surface area contributed by atoms with Gasteiger partial charge in [0.15, 0.2) is 0 Å². The largest absolute Gasteiger partial charge is 0.377 e. The molecule has 0 bridgehead atoms. The third kappa shape index (κ3) is 4.92. The van der Waals surface area contributed by atoms with Crippen LogP contribution in [-0.4, -0.2) is 19.3 Å². The van der Waals surface area contributed by atoms with Gasteiger partial charge in [0.05, 0.1) is 12.7 Å². The lowest BCUT2D eigenvalue weighted by Gasteiger charge is -2.22. The fourth-order valence-electron chi connectivity index (χ4n) is 2.58. The average molecular weight is 265 g/mol. The summed E-state index contributed by atoms with van der Waals surface area (Å²) in [4.78, 5) is 0. The summed E-state index contributed by atoms with van der Waals surface area (Å²) in [6, 6.07) is 5.26. The molecule has 0 atom stereocenters. The van der Waals surface area contributed by atoms with Gasteiger partial charge < -0.3 is 10.1 Å². The van der Waals surface area contributed by atoms with E-state index in [1.54, 1.807) is 6.92 Å². The Labute approximate surface area is 115 Å². The number of hydrogen-bond donors (Lipinski definition) is 1. The van der Waals surface area contributed by atoms with Crippen LogP contribution in [0.5, 0.6) is 0 Å². The van der Waals surface area contributed by atoms with E-state index in [1.165, 1.54) is 38.2 Å². The van der Waals surface area contributed by atoms with Crippen molar-refractivity contribution in [3.8, 4) is 0 Å². The lowest BCUT2D eigenvalue weighted by atomic mass is 9.98. The Balaban J connectivity index is 1.59. The smallest absolute Gasteiger partial charge is 0.126 e. The maximum absolute atomic E-state index is 13.1. The van der Waals surface area contributed by atoms with Crippen LogP contribution in [-0.2, 0) is 11.3 Å². The zero-order chi connectivity index (χ0) is 13.5. The van der Waals surface area contributed by atoms with Gasteiger partial charge in [-0.05, 0) is 37.0 Å². The molecular weight excluding hydrogens is 241 g/mol. The first kappa shape index (κ1) is 14.5. The number of rotatable bonds is 6. The highest BCUT2D eigenvalue weighted by atomic mass is 19.1. The lowest BCUT2D eigenvalue weighted by Crippen LogP contribution is -2.24. The van der Waals surface area contributed by atoms with E-state index < -0.39 is 0 Å². The van der Waals surface area contributed by atoms with Gasteiger partial charge in [-0.25, -0.2) is 4.39 Å². The third-order valence-corrected chi connectivity index (χ3v) is 3.74. The van der Waals surface area contributed by atoms with E-state index in [0.717, 1.165) is 25.3 Å². The van der Waals surface area contributed by atoms with Crippen LogP contribution in [0.15, 0.2) is 18.2 Å². The molecule has 1 aliphatic rings. The van der Waals surface area contributed by atoms with Crippen LogP contribution in [0.1, 0.15) is 43.2 Å². The molecule has 0 aromatic heterocycles. The van der Waals surface area contributed by atoms with Gasteiger partial charge in [-0.1, -0.05) is 31.4 Å². The van der Waals surface area contributed by atoms with Gasteiger partial charge in [0.1, 0.15) is 5.82 Å². The van der Waals surface area contributed by atoms with E-state index >= 15 is 0 Å². The van der Waals surface area contributed by atoms with Crippen LogP contribution in [0, 0.1) is 12.7 Å². The highest BCUT2D eigenvalue weighted by molar-refractivity contribution is 5.23. The van der Waals surface area contributed by atoms with Gasteiger partial charge in [-0.3, -0.25) is 0 Å². The van der Waals surface area contributed by atoms with E-state index in [1.807, 2.05) is 12.1 Å². The molecular formula is C16H24FNO. The summed E-state index contributed by atoms with van der Waals surface area (Å²) >= 11 is 0. The number of benzene rings is 1. The molecule has 3 heteroatoms. The first-order chi connectivity index (χ1) is 9.25. The van der Waals surface area contributed by atoms with Crippen molar-refractivity contribution in [2.45, 2.75) is 51.7 Å². The zero-order valence-corrected chi connectivity index (χ0v) is 11.8. The number of nitrogens with one attached hydrogen (secondary N) is 1. The van der Waals surface area contributed by atoms with Crippen molar-refractivity contribution in [2.75, 3.05) is 13.2 Å². The SMILES string of the molecule is Cc1cc(CNCCOC2CCCCC2)ccc1F. The molecule has 0 spiro atoms. The van der Waals surface area contributed by atoms with Gasteiger partial charge >= 0.3 is 0 Å². The van der Waals surface area contributed by atoms with Crippen molar-refractivity contribution in [3.05, 3.63) is 35.1 Å². The van der Waals surface area contributed by atoms with Crippen LogP contribution in [0.3, 0.4) is 0 Å². The van der Waals surface area contributed by atoms with Crippen LogP contribution in [0.25, 0.3) is 0 Å². The van der Waals surface area contributed by atoms with E-state index in [2.05, 4.69) is 5.32 Å². The molecule has 0 amide bonds. The first-order valence-electron chi connectivity index (χ1n) is 7.33. The average Bonchev–Trinajstić information content (AvgIpc) is 2.43. The van der Waals surface area contributed by atoms with Crippen molar-refractivity contribution < 1.29 is 9.13 Å². The Morgan fingerprint density at radius 1 is 1.26 bits per heavy atom. The molecule has 106 valence electrons. The Hall–Kier alpha value is -0.930. The molecule has 1 aromatic rings. The van der Waals surface area contributed by atoms with Crippen molar-refractivity contribution in [2.24, 2.45) is 0 Å². The first-order valence-corrected chi connectivity index (χ1v) is 7.33. The molecule has 2 nitrogen and oxygen atoms in total. The molecule has 0 aliphatic heterocycles. The quantitative estimate of drug-likeness (QED) is 0.794. The molecule has 0 heterocycles. The predicted octanol–water partition coefficient (Wildman–Crippen LogP) is 3.57. The Morgan fingerprint density at radius 2 is 2.05 bits per heavy atom. The second kappa shape index (κ2) is 7.61. The zero-order valence-electron chi connectivity index (χ0n) is 11.8. The minimum atomic E-state index is -0.135. The Bertz CT molecular complexity index is 388. The number of halogens is 1. The van der Waals surface area contributed by atoms with Crippen molar-refractivity contribution in [1.29, 1.82) is 0 Å². The molecule has 1 fully saturated rings. The van der Waals surface area contributed by atoms with Gasteiger partial charge in [-0.15, -0.1) is 0 Å². The maximum atomic E-state index is 13.1. The number of ether oxygens (including phenoxy) is 1. The maximum Gasteiger partial charge on any atom is 0.126 e. The highest BCUT2D eigenvalue weighted by Gasteiger charge is 2.12. The van der Waals surface area contributed by atoms with E-state index in [0.29, 0.717) is 11.7 Å². The molecule has 1 aliphatic carbocycles. The molecule has 2 rings (SSSR count). The van der Waals surface area contributed by atoms with Crippen molar-refractivity contribution in [1.82, 2.24) is 5.32 Å².